The van der Waals surface area contributed by atoms with Gasteiger partial charge in [-0.25, -0.2) is 4.21 Å². The van der Waals surface area contributed by atoms with E-state index in [1.54, 1.807) is 31.4 Å². The Morgan fingerprint density at radius 3 is 2.45 bits per heavy atom. The predicted molar refractivity (Wildman–Crippen MR) is 115 cm³/mol. The van der Waals surface area contributed by atoms with Crippen molar-refractivity contribution in [2.45, 2.75) is 44.8 Å². The molecule has 2 fully saturated rings. The molecular weight excluding hydrogens is 412 g/mol. The molecule has 1 aromatic rings. The molecule has 8 heteroatoms. The number of ether oxygens (including phenoxy) is 1. The monoisotopic (exact) mass is 440 g/mol. The Hall–Kier alpha value is -1.44. The number of piperidine rings is 1. The fraction of sp³-hybridized carbons (Fsp3) is 0.619. The van der Waals surface area contributed by atoms with Gasteiger partial charge in [0.05, 0.1) is 15.1 Å². The number of rotatable bonds is 3. The summed E-state index contributed by atoms with van der Waals surface area (Å²) in [6, 6.07) is 4.95. The summed E-state index contributed by atoms with van der Waals surface area (Å²) in [7, 11) is -2.71. The van der Waals surface area contributed by atoms with Gasteiger partial charge in [-0.3, -0.25) is 9.59 Å². The third-order valence-electron chi connectivity index (χ3n) is 6.14. The number of hydrogen-bond donors (Lipinski definition) is 0. The van der Waals surface area contributed by atoms with Crippen LogP contribution in [0.15, 0.2) is 22.6 Å². The van der Waals surface area contributed by atoms with Gasteiger partial charge in [0.15, 0.2) is 0 Å². The first-order chi connectivity index (χ1) is 13.6. The highest BCUT2D eigenvalue weighted by Crippen LogP contribution is 2.33. The van der Waals surface area contributed by atoms with Crippen LogP contribution in [0.4, 0.5) is 0 Å². The third-order valence-corrected chi connectivity index (χ3v) is 8.62. The minimum atomic E-state index is -2.71. The Bertz CT molecular complexity index is 909. The average molecular weight is 441 g/mol. The lowest BCUT2D eigenvalue weighted by molar-refractivity contribution is -0.147. The van der Waals surface area contributed by atoms with Crippen molar-refractivity contribution in [1.82, 2.24) is 4.90 Å². The van der Waals surface area contributed by atoms with Crippen molar-refractivity contribution in [3.05, 3.63) is 34.3 Å². The predicted octanol–water partition coefficient (Wildman–Crippen LogP) is 3.69. The van der Waals surface area contributed by atoms with E-state index in [4.69, 9.17) is 16.3 Å². The van der Waals surface area contributed by atoms with Gasteiger partial charge in [-0.15, -0.1) is 0 Å². The van der Waals surface area contributed by atoms with Crippen molar-refractivity contribution < 1.29 is 18.5 Å². The topological polar surface area (TPSA) is 76.0 Å². The Labute approximate surface area is 178 Å². The van der Waals surface area contributed by atoms with Gasteiger partial charge in [0.2, 0.25) is 5.91 Å². The average Bonchev–Trinajstić information content (AvgIpc) is 2.67. The fourth-order valence-corrected chi connectivity index (χ4v) is 5.96. The molecule has 2 saturated heterocycles. The minimum Gasteiger partial charge on any atom is -0.381 e. The molecule has 0 aliphatic carbocycles. The van der Waals surface area contributed by atoms with E-state index in [-0.39, 0.29) is 16.6 Å². The number of likely N-dealkylation sites (tertiary alicyclic amines) is 1. The van der Waals surface area contributed by atoms with E-state index in [1.165, 1.54) is 0 Å². The zero-order chi connectivity index (χ0) is 21.2. The Balaban J connectivity index is 1.67. The van der Waals surface area contributed by atoms with Crippen LogP contribution >= 0.6 is 11.6 Å². The molecule has 1 unspecified atom stereocenters. The van der Waals surface area contributed by atoms with E-state index in [0.717, 1.165) is 12.8 Å². The second-order valence-corrected chi connectivity index (χ2v) is 11.4. The maximum atomic E-state index is 13.2. The van der Waals surface area contributed by atoms with Gasteiger partial charge >= 0.3 is 0 Å². The van der Waals surface area contributed by atoms with Crippen molar-refractivity contribution in [3.8, 4) is 0 Å². The van der Waals surface area contributed by atoms with Crippen molar-refractivity contribution >= 4 is 33.1 Å². The molecule has 0 aromatic heterocycles. The molecule has 6 nitrogen and oxygen atoms in total. The summed E-state index contributed by atoms with van der Waals surface area (Å²) in [6.45, 7) is 6.13. The van der Waals surface area contributed by atoms with E-state index < -0.39 is 15.6 Å². The van der Waals surface area contributed by atoms with Crippen molar-refractivity contribution in [3.63, 3.8) is 0 Å². The minimum absolute atomic E-state index is 0.159. The zero-order valence-electron chi connectivity index (χ0n) is 17.3. The lowest BCUT2D eigenvalue weighted by Crippen LogP contribution is -2.49. The molecule has 0 radical (unpaired) electrons. The van der Waals surface area contributed by atoms with Crippen LogP contribution in [0.25, 0.3) is 0 Å². The SMILES string of the molecule is Cc1cc(Cl)ccc1C(=O)N=S(C)(=O)C1CCN(C(=O)C2(C)CCOCC2)CC1. The van der Waals surface area contributed by atoms with Crippen LogP contribution in [0, 0.1) is 12.3 Å². The highest BCUT2D eigenvalue weighted by atomic mass is 35.5. The van der Waals surface area contributed by atoms with Crippen molar-refractivity contribution in [2.24, 2.45) is 9.78 Å². The number of aryl methyl sites for hydroxylation is 1. The van der Waals surface area contributed by atoms with Crippen LogP contribution < -0.4 is 0 Å². The normalized spacial score (nSPS) is 22.0. The number of carbonyl (C=O) groups excluding carboxylic acids is 2. The van der Waals surface area contributed by atoms with Crippen molar-refractivity contribution in [2.75, 3.05) is 32.6 Å². The first kappa shape index (κ1) is 22.2. The van der Waals surface area contributed by atoms with Crippen LogP contribution in [0.3, 0.4) is 0 Å². The molecule has 2 aliphatic rings. The summed E-state index contributed by atoms with van der Waals surface area (Å²) >= 11 is 5.94. The van der Waals surface area contributed by atoms with Gasteiger partial charge < -0.3 is 9.64 Å². The molecule has 29 heavy (non-hydrogen) atoms. The molecule has 160 valence electrons. The lowest BCUT2D eigenvalue weighted by atomic mass is 9.80. The van der Waals surface area contributed by atoms with Gasteiger partial charge in [-0.2, -0.15) is 4.36 Å². The van der Waals surface area contributed by atoms with E-state index in [9.17, 15) is 13.8 Å². The second kappa shape index (κ2) is 8.74. The second-order valence-electron chi connectivity index (χ2n) is 8.38. The van der Waals surface area contributed by atoms with E-state index in [2.05, 4.69) is 4.36 Å². The number of amides is 2. The van der Waals surface area contributed by atoms with E-state index in [0.29, 0.717) is 55.3 Å². The quantitative estimate of drug-likeness (QED) is 0.718. The van der Waals surface area contributed by atoms with Gasteiger partial charge in [0.25, 0.3) is 5.91 Å². The summed E-state index contributed by atoms with van der Waals surface area (Å²) in [5, 5.41) is 0.345. The van der Waals surface area contributed by atoms with Gasteiger partial charge in [-0.05, 0) is 56.4 Å². The van der Waals surface area contributed by atoms with Gasteiger partial charge in [0, 0.05) is 48.4 Å². The molecule has 2 aliphatic heterocycles. The fourth-order valence-electron chi connectivity index (χ4n) is 4.07. The first-order valence-electron chi connectivity index (χ1n) is 10.0. The number of nitrogens with zero attached hydrogens (tertiary/aromatic N) is 2. The smallest absolute Gasteiger partial charge is 0.285 e. The van der Waals surface area contributed by atoms with Gasteiger partial charge in [0.1, 0.15) is 0 Å². The van der Waals surface area contributed by atoms with Crippen LogP contribution in [0.1, 0.15) is 48.5 Å². The number of carbonyl (C=O) groups is 2. The van der Waals surface area contributed by atoms with Crippen LogP contribution in [-0.2, 0) is 19.3 Å². The summed E-state index contributed by atoms with van der Waals surface area (Å²) in [6.07, 6.45) is 4.20. The summed E-state index contributed by atoms with van der Waals surface area (Å²) < 4.78 is 22.7. The maximum Gasteiger partial charge on any atom is 0.285 e. The Kier molecular flexibility index (Phi) is 6.70. The molecule has 1 atom stereocenters. The van der Waals surface area contributed by atoms with Crippen LogP contribution in [0.2, 0.25) is 5.02 Å². The summed E-state index contributed by atoms with van der Waals surface area (Å²) in [5.74, 6) is -0.313. The Morgan fingerprint density at radius 1 is 1.24 bits per heavy atom. The molecule has 0 saturated carbocycles. The van der Waals surface area contributed by atoms with Crippen LogP contribution in [0.5, 0.6) is 0 Å². The molecule has 1 aromatic carbocycles. The highest BCUT2D eigenvalue weighted by Gasteiger charge is 2.40. The maximum absolute atomic E-state index is 13.2. The Morgan fingerprint density at radius 2 is 1.86 bits per heavy atom. The third kappa shape index (κ3) is 5.01. The van der Waals surface area contributed by atoms with E-state index >= 15 is 0 Å². The number of hydrogen-bond acceptors (Lipinski definition) is 4. The van der Waals surface area contributed by atoms with Crippen LogP contribution in [-0.4, -0.2) is 58.7 Å². The number of halogens is 1. The summed E-state index contributed by atoms with van der Waals surface area (Å²) in [4.78, 5) is 27.4. The molecule has 2 heterocycles. The molecule has 3 rings (SSSR count). The standard InChI is InChI=1S/C21H29ClN2O4S/c1-15-14-16(22)4-5-18(15)19(25)23-29(3,27)17-6-10-24(11-7-17)20(26)21(2)8-12-28-13-9-21/h4-5,14,17H,6-13H2,1-3H3. The lowest BCUT2D eigenvalue weighted by Gasteiger charge is -2.40. The molecular formula is C21H29ClN2O4S. The molecule has 2 amide bonds. The summed E-state index contributed by atoms with van der Waals surface area (Å²) in [5.41, 5.74) is 0.765. The first-order valence-corrected chi connectivity index (χ1v) is 12.4. The molecule has 0 spiro atoms. The number of benzene rings is 1. The zero-order valence-corrected chi connectivity index (χ0v) is 18.9. The largest absolute Gasteiger partial charge is 0.381 e. The molecule has 0 N–H and O–H groups in total. The highest BCUT2D eigenvalue weighted by molar-refractivity contribution is 7.93. The van der Waals surface area contributed by atoms with Crippen molar-refractivity contribution in [1.29, 1.82) is 0 Å². The van der Waals surface area contributed by atoms with Gasteiger partial charge in [-0.1, -0.05) is 18.5 Å². The molecule has 0 bridgehead atoms. The van der Waals surface area contributed by atoms with E-state index in [1.807, 2.05) is 11.8 Å².